The topological polar surface area (TPSA) is 52.1 Å². The van der Waals surface area contributed by atoms with Crippen molar-refractivity contribution >= 4 is 0 Å². The summed E-state index contributed by atoms with van der Waals surface area (Å²) in [6.45, 7) is 1.09. The van der Waals surface area contributed by atoms with Gasteiger partial charge in [-0.1, -0.05) is 24.3 Å². The molecule has 2 rings (SSSR count). The third kappa shape index (κ3) is 3.66. The van der Waals surface area contributed by atoms with Crippen molar-refractivity contribution < 1.29 is 5.11 Å². The molecular formula is C15H21N3O. The van der Waals surface area contributed by atoms with Crippen LogP contribution in [0.3, 0.4) is 0 Å². The number of rotatable bonds is 6. The average molecular weight is 259 g/mol. The van der Waals surface area contributed by atoms with Crippen LogP contribution in [0.4, 0.5) is 0 Å². The molecule has 102 valence electrons. The van der Waals surface area contributed by atoms with Crippen LogP contribution in [-0.2, 0) is 6.61 Å². The Labute approximate surface area is 114 Å². The lowest BCUT2D eigenvalue weighted by atomic mass is 9.94. The van der Waals surface area contributed by atoms with Crippen LogP contribution in [-0.4, -0.2) is 40.6 Å². The number of aliphatic hydroxyl groups excluding tert-OH is 1. The highest BCUT2D eigenvalue weighted by atomic mass is 16.3. The summed E-state index contributed by atoms with van der Waals surface area (Å²) >= 11 is 0. The molecule has 4 nitrogen and oxygen atoms in total. The zero-order valence-corrected chi connectivity index (χ0v) is 11.5. The summed E-state index contributed by atoms with van der Waals surface area (Å²) in [6, 6.07) is 8.10. The van der Waals surface area contributed by atoms with Crippen LogP contribution in [0, 0.1) is 0 Å². The van der Waals surface area contributed by atoms with Gasteiger partial charge in [-0.2, -0.15) is 0 Å². The first kappa shape index (κ1) is 13.8. The second-order valence-corrected chi connectivity index (χ2v) is 5.02. The summed E-state index contributed by atoms with van der Waals surface area (Å²) in [7, 11) is 4.15. The van der Waals surface area contributed by atoms with Crippen molar-refractivity contribution in [2.24, 2.45) is 0 Å². The Morgan fingerprint density at radius 3 is 2.53 bits per heavy atom. The third-order valence-corrected chi connectivity index (χ3v) is 3.28. The minimum absolute atomic E-state index is 0.0867. The van der Waals surface area contributed by atoms with E-state index in [2.05, 4.69) is 41.1 Å². The molecule has 1 aromatic heterocycles. The average Bonchev–Trinajstić information content (AvgIpc) is 2.93. The van der Waals surface area contributed by atoms with Crippen molar-refractivity contribution in [3.8, 4) is 0 Å². The van der Waals surface area contributed by atoms with Gasteiger partial charge in [-0.05, 0) is 38.2 Å². The molecule has 0 radical (unpaired) electrons. The predicted molar refractivity (Wildman–Crippen MR) is 76.0 cm³/mol. The summed E-state index contributed by atoms with van der Waals surface area (Å²) in [5, 5.41) is 9.10. The van der Waals surface area contributed by atoms with Crippen LogP contribution in [0.5, 0.6) is 0 Å². The molecule has 1 heterocycles. The number of imidazole rings is 1. The SMILES string of the molecule is CN(C)CCC(c1ccc(CO)cc1)c1ncc[nH]1. The summed E-state index contributed by atoms with van der Waals surface area (Å²) in [6.07, 6.45) is 4.67. The third-order valence-electron chi connectivity index (χ3n) is 3.28. The number of hydrogen-bond acceptors (Lipinski definition) is 3. The van der Waals surface area contributed by atoms with Crippen LogP contribution in [0.25, 0.3) is 0 Å². The van der Waals surface area contributed by atoms with Gasteiger partial charge in [0.05, 0.1) is 6.61 Å². The van der Waals surface area contributed by atoms with E-state index in [1.165, 1.54) is 5.56 Å². The zero-order chi connectivity index (χ0) is 13.7. The molecule has 0 aliphatic heterocycles. The molecule has 0 saturated heterocycles. The second-order valence-electron chi connectivity index (χ2n) is 5.02. The highest BCUT2D eigenvalue weighted by Crippen LogP contribution is 2.25. The molecule has 0 amide bonds. The lowest BCUT2D eigenvalue weighted by Crippen LogP contribution is -2.17. The van der Waals surface area contributed by atoms with Gasteiger partial charge in [0.1, 0.15) is 5.82 Å². The molecule has 0 bridgehead atoms. The van der Waals surface area contributed by atoms with Gasteiger partial charge < -0.3 is 15.0 Å². The van der Waals surface area contributed by atoms with E-state index in [0.717, 1.165) is 24.4 Å². The maximum atomic E-state index is 9.10. The normalized spacial score (nSPS) is 12.8. The zero-order valence-electron chi connectivity index (χ0n) is 11.5. The van der Waals surface area contributed by atoms with Crippen molar-refractivity contribution in [1.29, 1.82) is 0 Å². The number of hydrogen-bond donors (Lipinski definition) is 2. The Kier molecular flexibility index (Phi) is 4.71. The standard InChI is InChI=1S/C15H21N3O/c1-18(2)10-7-14(15-16-8-9-17-15)13-5-3-12(11-19)4-6-13/h3-6,8-9,14,19H,7,10-11H2,1-2H3,(H,16,17). The number of nitrogens with one attached hydrogen (secondary N) is 1. The van der Waals surface area contributed by atoms with Crippen LogP contribution < -0.4 is 0 Å². The Hall–Kier alpha value is -1.65. The molecule has 0 spiro atoms. The number of aromatic nitrogens is 2. The highest BCUT2D eigenvalue weighted by molar-refractivity contribution is 5.29. The molecule has 2 aromatic rings. The van der Waals surface area contributed by atoms with Gasteiger partial charge in [0.2, 0.25) is 0 Å². The first-order chi connectivity index (χ1) is 9.20. The highest BCUT2D eigenvalue weighted by Gasteiger charge is 2.16. The molecule has 0 saturated carbocycles. The van der Waals surface area contributed by atoms with Gasteiger partial charge in [-0.15, -0.1) is 0 Å². The van der Waals surface area contributed by atoms with Crippen molar-refractivity contribution in [2.45, 2.75) is 18.9 Å². The van der Waals surface area contributed by atoms with Crippen LogP contribution >= 0.6 is 0 Å². The number of nitrogens with zero attached hydrogens (tertiary/aromatic N) is 2. The van der Waals surface area contributed by atoms with E-state index in [9.17, 15) is 0 Å². The van der Waals surface area contributed by atoms with Crippen molar-refractivity contribution in [3.05, 3.63) is 53.6 Å². The Balaban J connectivity index is 2.20. The number of aliphatic hydroxyl groups is 1. The van der Waals surface area contributed by atoms with Crippen LogP contribution in [0.15, 0.2) is 36.7 Å². The fraction of sp³-hybridized carbons (Fsp3) is 0.400. The van der Waals surface area contributed by atoms with Gasteiger partial charge in [-0.3, -0.25) is 0 Å². The van der Waals surface area contributed by atoms with E-state index in [1.807, 2.05) is 18.3 Å². The first-order valence-corrected chi connectivity index (χ1v) is 6.54. The van der Waals surface area contributed by atoms with E-state index in [4.69, 9.17) is 5.11 Å². The van der Waals surface area contributed by atoms with Gasteiger partial charge >= 0.3 is 0 Å². The maximum absolute atomic E-state index is 9.10. The lowest BCUT2D eigenvalue weighted by Gasteiger charge is -2.18. The number of benzene rings is 1. The molecule has 1 atom stereocenters. The Morgan fingerprint density at radius 1 is 1.26 bits per heavy atom. The van der Waals surface area contributed by atoms with E-state index < -0.39 is 0 Å². The molecule has 2 N–H and O–H groups in total. The molecule has 1 unspecified atom stereocenters. The molecular weight excluding hydrogens is 238 g/mol. The van der Waals surface area contributed by atoms with Gasteiger partial charge in [0, 0.05) is 18.3 Å². The Bertz CT molecular complexity index is 477. The quantitative estimate of drug-likeness (QED) is 0.834. The smallest absolute Gasteiger partial charge is 0.113 e. The van der Waals surface area contributed by atoms with Crippen molar-refractivity contribution in [3.63, 3.8) is 0 Å². The fourth-order valence-corrected chi connectivity index (χ4v) is 2.17. The molecule has 1 aromatic carbocycles. The van der Waals surface area contributed by atoms with Crippen LogP contribution in [0.1, 0.15) is 29.3 Å². The predicted octanol–water partition coefficient (Wildman–Crippen LogP) is 1.99. The molecule has 19 heavy (non-hydrogen) atoms. The molecule has 0 fully saturated rings. The monoisotopic (exact) mass is 259 g/mol. The van der Waals surface area contributed by atoms with Crippen LogP contribution in [0.2, 0.25) is 0 Å². The first-order valence-electron chi connectivity index (χ1n) is 6.54. The molecule has 0 aliphatic rings. The maximum Gasteiger partial charge on any atom is 0.113 e. The summed E-state index contributed by atoms with van der Waals surface area (Å²) in [5.41, 5.74) is 2.17. The molecule has 0 aliphatic carbocycles. The second kappa shape index (κ2) is 6.50. The summed E-state index contributed by atoms with van der Waals surface area (Å²) in [5.74, 6) is 1.27. The summed E-state index contributed by atoms with van der Waals surface area (Å²) in [4.78, 5) is 9.78. The molecule has 4 heteroatoms. The van der Waals surface area contributed by atoms with Crippen molar-refractivity contribution in [2.75, 3.05) is 20.6 Å². The number of aromatic amines is 1. The Morgan fingerprint density at radius 2 is 2.00 bits per heavy atom. The van der Waals surface area contributed by atoms with Gasteiger partial charge in [0.25, 0.3) is 0 Å². The summed E-state index contributed by atoms with van der Waals surface area (Å²) < 4.78 is 0. The largest absolute Gasteiger partial charge is 0.392 e. The van der Waals surface area contributed by atoms with Crippen molar-refractivity contribution in [1.82, 2.24) is 14.9 Å². The fourth-order valence-electron chi connectivity index (χ4n) is 2.17. The lowest BCUT2D eigenvalue weighted by molar-refractivity contribution is 0.282. The van der Waals surface area contributed by atoms with E-state index in [-0.39, 0.29) is 12.5 Å². The minimum Gasteiger partial charge on any atom is -0.392 e. The van der Waals surface area contributed by atoms with E-state index in [1.54, 1.807) is 6.20 Å². The van der Waals surface area contributed by atoms with Gasteiger partial charge in [0.15, 0.2) is 0 Å². The van der Waals surface area contributed by atoms with E-state index in [0.29, 0.717) is 0 Å². The van der Waals surface area contributed by atoms with Gasteiger partial charge in [-0.25, -0.2) is 4.98 Å². The van der Waals surface area contributed by atoms with E-state index >= 15 is 0 Å². The minimum atomic E-state index is 0.0867. The number of H-pyrrole nitrogens is 1.